The molecule has 1 N–H and O–H groups in total. The van der Waals surface area contributed by atoms with Gasteiger partial charge < -0.3 is 10.1 Å². The van der Waals surface area contributed by atoms with Crippen LogP contribution in [0.4, 0.5) is 0 Å². The molecule has 0 radical (unpaired) electrons. The summed E-state index contributed by atoms with van der Waals surface area (Å²) in [6, 6.07) is 8.47. The summed E-state index contributed by atoms with van der Waals surface area (Å²) in [5.41, 5.74) is 1.32. The van der Waals surface area contributed by atoms with Crippen LogP contribution >= 0.6 is 24.8 Å². The monoisotopic (exact) mass is 362 g/mol. The van der Waals surface area contributed by atoms with Crippen LogP contribution in [0.25, 0.3) is 0 Å². The standard InChI is InChI=1S/C17H26N2O2.2ClH/c1-3-4-5-17(19-12-10-18-11-13-19)15-6-8-16(9-7-15)21-14(2)20;;/h6-9,17-18H,3-5,10-13H2,1-2H3;2*1H/t17-;;/m0../s1. The number of carbonyl (C=O) groups excluding carboxylic acids is 1. The molecular weight excluding hydrogens is 335 g/mol. The minimum absolute atomic E-state index is 0. The first-order chi connectivity index (χ1) is 10.2. The normalized spacial score (nSPS) is 15.9. The molecule has 0 spiro atoms. The lowest BCUT2D eigenvalue weighted by Gasteiger charge is -2.35. The first-order valence-corrected chi connectivity index (χ1v) is 7.94. The van der Waals surface area contributed by atoms with E-state index in [1.165, 1.54) is 31.7 Å². The van der Waals surface area contributed by atoms with Crippen molar-refractivity contribution in [3.8, 4) is 5.75 Å². The molecule has 23 heavy (non-hydrogen) atoms. The lowest BCUT2D eigenvalue weighted by atomic mass is 9.98. The molecular formula is C17H28Cl2N2O2. The van der Waals surface area contributed by atoms with E-state index in [0.29, 0.717) is 11.8 Å². The maximum absolute atomic E-state index is 11.0. The second-order valence-electron chi connectivity index (χ2n) is 5.61. The highest BCUT2D eigenvalue weighted by atomic mass is 35.5. The molecule has 132 valence electrons. The fourth-order valence-corrected chi connectivity index (χ4v) is 2.88. The molecule has 0 aliphatic carbocycles. The van der Waals surface area contributed by atoms with Crippen LogP contribution in [-0.4, -0.2) is 37.0 Å². The topological polar surface area (TPSA) is 41.6 Å². The minimum atomic E-state index is -0.271. The Balaban J connectivity index is 0.00000242. The largest absolute Gasteiger partial charge is 0.427 e. The van der Waals surface area contributed by atoms with Gasteiger partial charge in [-0.2, -0.15) is 0 Å². The van der Waals surface area contributed by atoms with Crippen LogP contribution in [0.3, 0.4) is 0 Å². The molecule has 1 atom stereocenters. The van der Waals surface area contributed by atoms with Gasteiger partial charge in [-0.05, 0) is 24.1 Å². The number of esters is 1. The van der Waals surface area contributed by atoms with Crippen molar-refractivity contribution in [2.75, 3.05) is 26.2 Å². The summed E-state index contributed by atoms with van der Waals surface area (Å²) < 4.78 is 5.11. The molecule has 6 heteroatoms. The van der Waals surface area contributed by atoms with Crippen molar-refractivity contribution in [1.82, 2.24) is 10.2 Å². The van der Waals surface area contributed by atoms with E-state index >= 15 is 0 Å². The quantitative estimate of drug-likeness (QED) is 0.620. The predicted molar refractivity (Wildman–Crippen MR) is 99.0 cm³/mol. The van der Waals surface area contributed by atoms with Gasteiger partial charge in [-0.25, -0.2) is 0 Å². The van der Waals surface area contributed by atoms with Crippen molar-refractivity contribution in [3.05, 3.63) is 29.8 Å². The number of hydrogen-bond donors (Lipinski definition) is 1. The number of halogens is 2. The smallest absolute Gasteiger partial charge is 0.308 e. The maximum atomic E-state index is 11.0. The summed E-state index contributed by atoms with van der Waals surface area (Å²) in [6.07, 6.45) is 3.64. The zero-order chi connectivity index (χ0) is 15.1. The number of piperazine rings is 1. The fourth-order valence-electron chi connectivity index (χ4n) is 2.88. The Morgan fingerprint density at radius 1 is 1.22 bits per heavy atom. The SMILES string of the molecule is CCCC[C@@H](c1ccc(OC(C)=O)cc1)N1CCNCC1.Cl.Cl. The van der Waals surface area contributed by atoms with Gasteiger partial charge in [0.05, 0.1) is 0 Å². The molecule has 0 amide bonds. The Bertz CT molecular complexity index is 448. The Kier molecular flexibility index (Phi) is 11.3. The third kappa shape index (κ3) is 7.08. The summed E-state index contributed by atoms with van der Waals surface area (Å²) in [4.78, 5) is 13.5. The van der Waals surface area contributed by atoms with Crippen LogP contribution in [0.15, 0.2) is 24.3 Å². The third-order valence-electron chi connectivity index (χ3n) is 3.95. The van der Waals surface area contributed by atoms with Crippen molar-refractivity contribution in [3.63, 3.8) is 0 Å². The van der Waals surface area contributed by atoms with Crippen LogP contribution in [-0.2, 0) is 4.79 Å². The molecule has 1 saturated heterocycles. The highest BCUT2D eigenvalue weighted by molar-refractivity contribution is 5.85. The third-order valence-corrected chi connectivity index (χ3v) is 3.95. The van der Waals surface area contributed by atoms with Crippen molar-refractivity contribution in [2.24, 2.45) is 0 Å². The predicted octanol–water partition coefficient (Wildman–Crippen LogP) is 3.59. The number of nitrogens with zero attached hydrogens (tertiary/aromatic N) is 1. The molecule has 1 aromatic rings. The van der Waals surface area contributed by atoms with Gasteiger partial charge in [0.15, 0.2) is 0 Å². The Labute approximate surface area is 151 Å². The van der Waals surface area contributed by atoms with E-state index < -0.39 is 0 Å². The molecule has 1 fully saturated rings. The van der Waals surface area contributed by atoms with Gasteiger partial charge in [-0.3, -0.25) is 9.69 Å². The van der Waals surface area contributed by atoms with E-state index in [4.69, 9.17) is 4.74 Å². The molecule has 1 aliphatic rings. The number of nitrogens with one attached hydrogen (secondary N) is 1. The van der Waals surface area contributed by atoms with E-state index in [2.05, 4.69) is 29.3 Å². The van der Waals surface area contributed by atoms with Gasteiger partial charge in [-0.15, -0.1) is 24.8 Å². The zero-order valence-electron chi connectivity index (χ0n) is 13.9. The average molecular weight is 363 g/mol. The molecule has 0 saturated carbocycles. The molecule has 4 nitrogen and oxygen atoms in total. The highest BCUT2D eigenvalue weighted by Crippen LogP contribution is 2.28. The number of ether oxygens (including phenoxy) is 1. The van der Waals surface area contributed by atoms with E-state index in [-0.39, 0.29) is 30.8 Å². The van der Waals surface area contributed by atoms with E-state index in [1.54, 1.807) is 0 Å². The lowest BCUT2D eigenvalue weighted by Crippen LogP contribution is -2.45. The summed E-state index contributed by atoms with van der Waals surface area (Å²) in [5.74, 6) is 0.355. The first-order valence-electron chi connectivity index (χ1n) is 7.94. The van der Waals surface area contributed by atoms with Crippen molar-refractivity contribution >= 4 is 30.8 Å². The molecule has 2 rings (SSSR count). The second-order valence-corrected chi connectivity index (χ2v) is 5.61. The maximum Gasteiger partial charge on any atom is 0.308 e. The average Bonchev–Trinajstić information content (AvgIpc) is 2.50. The molecule has 0 aromatic heterocycles. The van der Waals surface area contributed by atoms with Gasteiger partial charge >= 0.3 is 5.97 Å². The zero-order valence-corrected chi connectivity index (χ0v) is 15.5. The van der Waals surface area contributed by atoms with Crippen LogP contribution in [0.5, 0.6) is 5.75 Å². The number of carbonyl (C=O) groups is 1. The van der Waals surface area contributed by atoms with E-state index in [9.17, 15) is 4.79 Å². The number of rotatable bonds is 6. The van der Waals surface area contributed by atoms with Gasteiger partial charge in [0.2, 0.25) is 0 Å². The van der Waals surface area contributed by atoms with Crippen LogP contribution in [0, 0.1) is 0 Å². The van der Waals surface area contributed by atoms with Gasteiger partial charge in [0, 0.05) is 39.1 Å². The molecule has 1 aromatic carbocycles. The van der Waals surface area contributed by atoms with Crippen LogP contribution in [0.2, 0.25) is 0 Å². The summed E-state index contributed by atoms with van der Waals surface area (Å²) in [7, 11) is 0. The molecule has 1 heterocycles. The number of unbranched alkanes of at least 4 members (excludes halogenated alkanes) is 1. The molecule has 0 unspecified atom stereocenters. The Morgan fingerprint density at radius 3 is 2.35 bits per heavy atom. The Morgan fingerprint density at radius 2 is 1.83 bits per heavy atom. The van der Waals surface area contributed by atoms with Crippen molar-refractivity contribution in [1.29, 1.82) is 0 Å². The fraction of sp³-hybridized carbons (Fsp3) is 0.588. The lowest BCUT2D eigenvalue weighted by molar-refractivity contribution is -0.131. The Hall–Kier alpha value is -0.810. The summed E-state index contributed by atoms with van der Waals surface area (Å²) in [5, 5.41) is 3.41. The second kappa shape index (κ2) is 11.7. The molecule has 0 bridgehead atoms. The van der Waals surface area contributed by atoms with E-state index in [0.717, 1.165) is 26.2 Å². The van der Waals surface area contributed by atoms with Gasteiger partial charge in [-0.1, -0.05) is 31.9 Å². The number of hydrogen-bond acceptors (Lipinski definition) is 4. The molecule has 1 aliphatic heterocycles. The van der Waals surface area contributed by atoms with Crippen LogP contribution < -0.4 is 10.1 Å². The minimum Gasteiger partial charge on any atom is -0.427 e. The van der Waals surface area contributed by atoms with Crippen molar-refractivity contribution in [2.45, 2.75) is 39.2 Å². The first kappa shape index (κ1) is 22.2. The van der Waals surface area contributed by atoms with Crippen molar-refractivity contribution < 1.29 is 9.53 Å². The summed E-state index contributed by atoms with van der Waals surface area (Å²) in [6.45, 7) is 7.99. The van der Waals surface area contributed by atoms with Gasteiger partial charge in [0.1, 0.15) is 5.75 Å². The van der Waals surface area contributed by atoms with E-state index in [1.807, 2.05) is 12.1 Å². The number of benzene rings is 1. The highest BCUT2D eigenvalue weighted by Gasteiger charge is 2.21. The summed E-state index contributed by atoms with van der Waals surface area (Å²) >= 11 is 0. The van der Waals surface area contributed by atoms with Gasteiger partial charge in [0.25, 0.3) is 0 Å². The van der Waals surface area contributed by atoms with Crippen LogP contribution in [0.1, 0.15) is 44.7 Å².